The molecule has 0 fully saturated rings. The second-order valence-electron chi connectivity index (χ2n) is 22.2. The Kier molecular flexibility index (Phi) is 52.4. The summed E-state index contributed by atoms with van der Waals surface area (Å²) in [5, 5.41) is 3.02. The van der Waals surface area contributed by atoms with Crippen LogP contribution in [-0.2, 0) is 27.9 Å². The number of nitrogens with one attached hydrogen (secondary N) is 1. The van der Waals surface area contributed by atoms with Crippen molar-refractivity contribution in [3.63, 3.8) is 0 Å². The first-order chi connectivity index (χ1) is 35.9. The Labute approximate surface area is 458 Å². The van der Waals surface area contributed by atoms with Gasteiger partial charge >= 0.3 is 5.97 Å². The summed E-state index contributed by atoms with van der Waals surface area (Å²) in [4.78, 5) is 40.0. The highest BCUT2D eigenvalue weighted by Crippen LogP contribution is 2.38. The Morgan fingerprint density at radius 1 is 0.473 bits per heavy atom. The molecule has 0 rings (SSSR count). The molecule has 0 saturated heterocycles. The predicted molar refractivity (Wildman–Crippen MR) is 316 cm³/mol. The molecule has 10 heteroatoms. The van der Waals surface area contributed by atoms with E-state index in [1.54, 1.807) is 0 Å². The monoisotopic (exact) mass is 1060 g/mol. The van der Waals surface area contributed by atoms with Crippen LogP contribution in [0.1, 0.15) is 284 Å². The molecule has 9 nitrogen and oxygen atoms in total. The number of hydrogen-bond acceptors (Lipinski definition) is 7. The predicted octanol–water partition coefficient (Wildman–Crippen LogP) is 18.4. The van der Waals surface area contributed by atoms with Crippen molar-refractivity contribution in [1.82, 2.24) is 5.32 Å². The number of allylic oxidation sites excluding steroid dienone is 9. The number of esters is 1. The molecule has 0 spiro atoms. The van der Waals surface area contributed by atoms with Crippen LogP contribution in [0.25, 0.3) is 0 Å². The summed E-state index contributed by atoms with van der Waals surface area (Å²) in [6.07, 6.45) is 67.5. The lowest BCUT2D eigenvalue weighted by atomic mass is 10.0. The second kappa shape index (κ2) is 54.1. The highest BCUT2D eigenvalue weighted by molar-refractivity contribution is 7.45. The molecule has 1 amide bonds. The van der Waals surface area contributed by atoms with Gasteiger partial charge in [0, 0.05) is 12.8 Å². The number of rotatable bonds is 56. The minimum absolute atomic E-state index is 0.0269. The summed E-state index contributed by atoms with van der Waals surface area (Å²) in [6, 6.07) is -0.899. The summed E-state index contributed by atoms with van der Waals surface area (Å²) in [5.41, 5.74) is 0. The van der Waals surface area contributed by atoms with Crippen LogP contribution in [0.5, 0.6) is 0 Å². The van der Waals surface area contributed by atoms with Gasteiger partial charge in [-0.05, 0) is 96.0 Å². The van der Waals surface area contributed by atoms with Crippen LogP contribution in [0, 0.1) is 0 Å². The number of amides is 1. The molecule has 0 aromatic rings. The second-order valence-corrected chi connectivity index (χ2v) is 23.6. The zero-order chi connectivity index (χ0) is 54.3. The first kappa shape index (κ1) is 71.7. The van der Waals surface area contributed by atoms with Gasteiger partial charge in [-0.25, -0.2) is 0 Å². The Balaban J connectivity index is 5.28. The van der Waals surface area contributed by atoms with Crippen molar-refractivity contribution in [3.05, 3.63) is 60.8 Å². The Hall–Kier alpha value is -2.29. The van der Waals surface area contributed by atoms with Crippen LogP contribution in [0.15, 0.2) is 60.8 Å². The van der Waals surface area contributed by atoms with Crippen LogP contribution in [0.4, 0.5) is 0 Å². The smallest absolute Gasteiger partial charge is 0.306 e. The normalized spacial score (nSPS) is 14.1. The molecule has 0 saturated carbocycles. The molecule has 0 aromatic heterocycles. The quantitative estimate of drug-likeness (QED) is 0.0212. The van der Waals surface area contributed by atoms with Gasteiger partial charge in [0.15, 0.2) is 0 Å². The minimum Gasteiger partial charge on any atom is -0.756 e. The third-order valence-electron chi connectivity index (χ3n) is 13.7. The molecule has 0 aliphatic rings. The number of carbonyl (C=O) groups is 2. The number of nitrogens with zero attached hydrogens (tertiary/aromatic N) is 1. The van der Waals surface area contributed by atoms with Crippen LogP contribution >= 0.6 is 7.82 Å². The largest absolute Gasteiger partial charge is 0.756 e. The maximum Gasteiger partial charge on any atom is 0.306 e. The van der Waals surface area contributed by atoms with Gasteiger partial charge in [0.2, 0.25) is 5.91 Å². The third kappa shape index (κ3) is 54.5. The number of hydrogen-bond donors (Lipinski definition) is 1. The Morgan fingerprint density at radius 3 is 1.28 bits per heavy atom. The molecular weight excluding hydrogens is 940 g/mol. The maximum absolute atomic E-state index is 13.5. The van der Waals surface area contributed by atoms with Gasteiger partial charge in [-0.15, -0.1) is 0 Å². The molecule has 3 unspecified atom stereocenters. The molecule has 0 heterocycles. The van der Waals surface area contributed by atoms with Crippen LogP contribution in [-0.4, -0.2) is 69.4 Å². The number of phosphoric ester groups is 1. The molecule has 0 aromatic carbocycles. The third-order valence-corrected chi connectivity index (χ3v) is 14.6. The van der Waals surface area contributed by atoms with Gasteiger partial charge in [-0.2, -0.15) is 0 Å². The van der Waals surface area contributed by atoms with E-state index in [2.05, 4.69) is 74.7 Å². The van der Waals surface area contributed by atoms with Crippen LogP contribution < -0.4 is 10.2 Å². The zero-order valence-corrected chi connectivity index (χ0v) is 50.2. The van der Waals surface area contributed by atoms with Gasteiger partial charge in [0.05, 0.1) is 33.8 Å². The van der Waals surface area contributed by atoms with E-state index < -0.39 is 26.6 Å². The fourth-order valence-electron chi connectivity index (χ4n) is 8.82. The van der Waals surface area contributed by atoms with E-state index in [1.807, 2.05) is 33.3 Å². The molecule has 1 N–H and O–H groups in total. The van der Waals surface area contributed by atoms with Gasteiger partial charge in [0.25, 0.3) is 7.82 Å². The summed E-state index contributed by atoms with van der Waals surface area (Å²) in [7, 11) is 1.17. The van der Waals surface area contributed by atoms with Gasteiger partial charge in [-0.1, -0.05) is 236 Å². The number of ether oxygens (including phenoxy) is 1. The number of carbonyl (C=O) groups excluding carboxylic acids is 2. The van der Waals surface area contributed by atoms with E-state index in [-0.39, 0.29) is 24.9 Å². The van der Waals surface area contributed by atoms with Crippen molar-refractivity contribution >= 4 is 19.7 Å². The van der Waals surface area contributed by atoms with Gasteiger partial charge in [-0.3, -0.25) is 14.2 Å². The Bertz CT molecular complexity index is 1450. The van der Waals surface area contributed by atoms with Gasteiger partial charge < -0.3 is 28.5 Å². The topological polar surface area (TPSA) is 114 Å². The molecule has 0 bridgehead atoms. The summed E-state index contributed by atoms with van der Waals surface area (Å²) in [6.45, 7) is 6.81. The molecule has 432 valence electrons. The molecule has 0 radical (unpaired) electrons. The highest BCUT2D eigenvalue weighted by atomic mass is 31.2. The average molecular weight is 1060 g/mol. The maximum atomic E-state index is 13.5. The van der Waals surface area contributed by atoms with Crippen molar-refractivity contribution in [1.29, 1.82) is 0 Å². The number of likely N-dealkylation sites (N-methyl/N-ethyl adjacent to an activating group) is 1. The van der Waals surface area contributed by atoms with Crippen molar-refractivity contribution in [3.8, 4) is 0 Å². The minimum atomic E-state index is -4.70. The molecule has 3 atom stereocenters. The number of quaternary nitrogens is 1. The van der Waals surface area contributed by atoms with Crippen LogP contribution in [0.2, 0.25) is 0 Å². The van der Waals surface area contributed by atoms with Crippen molar-refractivity contribution in [2.45, 2.75) is 296 Å². The zero-order valence-electron chi connectivity index (χ0n) is 49.3. The summed E-state index contributed by atoms with van der Waals surface area (Å²) in [5.74, 6) is -0.563. The summed E-state index contributed by atoms with van der Waals surface area (Å²) < 4.78 is 30.3. The standard InChI is InChI=1S/C64H119N2O7P/c1-7-10-13-16-19-22-25-28-30-31-32-33-34-35-36-38-41-44-47-50-53-56-63(67)65-61(60-72-74(69,70)71-59-58-66(4,5)6)62(55-52-49-46-43-40-37-27-24-21-18-15-12-9-3)73-64(68)57-54-51-48-45-42-39-29-26-23-20-17-14-11-8-2/h19,22,28,30,32-33,39,42,52,55,61-62H,7-18,20-21,23-27,29,31,34-38,40-41,43-51,53-54,56-60H2,1-6H3,(H-,65,67,69,70)/b22-19-,30-28-,33-32-,42-39-,55-52-. The fraction of sp³-hybridized carbons (Fsp3) is 0.812. The molecular formula is C64H119N2O7P. The van der Waals surface area contributed by atoms with Crippen molar-refractivity contribution in [2.75, 3.05) is 40.9 Å². The lowest BCUT2D eigenvalue weighted by Crippen LogP contribution is -2.47. The Morgan fingerprint density at radius 2 is 0.824 bits per heavy atom. The van der Waals surface area contributed by atoms with Gasteiger partial charge in [0.1, 0.15) is 19.3 Å². The number of unbranched alkanes of at least 4 members (excludes halogenated alkanes) is 32. The SMILES string of the molecule is CCCCC/C=C\C/C=C\C/C=C\CCCCCCCCCCC(=O)NC(COP(=O)([O-])OCC[N+](C)(C)C)C(/C=C\CCCCCCCCCCCCC)OC(=O)CCCCC/C=C\CCCCCCCCC. The van der Waals surface area contributed by atoms with Crippen molar-refractivity contribution < 1.29 is 37.3 Å². The van der Waals surface area contributed by atoms with Crippen LogP contribution in [0.3, 0.4) is 0 Å². The van der Waals surface area contributed by atoms with E-state index in [0.29, 0.717) is 23.9 Å². The first-order valence-electron chi connectivity index (χ1n) is 31.1. The van der Waals surface area contributed by atoms with E-state index in [9.17, 15) is 19.0 Å². The molecule has 74 heavy (non-hydrogen) atoms. The van der Waals surface area contributed by atoms with Crippen molar-refractivity contribution in [2.24, 2.45) is 0 Å². The first-order valence-corrected chi connectivity index (χ1v) is 32.6. The van der Waals surface area contributed by atoms with E-state index >= 15 is 0 Å². The average Bonchev–Trinajstić information content (AvgIpc) is 3.36. The van der Waals surface area contributed by atoms with E-state index in [4.69, 9.17) is 13.8 Å². The molecule has 0 aliphatic heterocycles. The molecule has 0 aliphatic carbocycles. The lowest BCUT2D eigenvalue weighted by molar-refractivity contribution is -0.870. The lowest BCUT2D eigenvalue weighted by Gasteiger charge is -2.30. The summed E-state index contributed by atoms with van der Waals surface area (Å²) >= 11 is 0. The van der Waals surface area contributed by atoms with E-state index in [1.165, 1.54) is 154 Å². The fourth-order valence-corrected chi connectivity index (χ4v) is 9.54. The van der Waals surface area contributed by atoms with E-state index in [0.717, 1.165) is 89.9 Å². The number of phosphoric acid groups is 1. The highest BCUT2D eigenvalue weighted by Gasteiger charge is 2.27.